The van der Waals surface area contributed by atoms with E-state index in [9.17, 15) is 19.2 Å². The molecule has 1 saturated heterocycles. The number of aliphatic carboxylic acids is 1. The van der Waals surface area contributed by atoms with Crippen LogP contribution < -0.4 is 10.6 Å². The predicted octanol–water partition coefficient (Wildman–Crippen LogP) is -0.314. The number of carbonyl (C=O) groups is 4. The van der Waals surface area contributed by atoms with Crippen LogP contribution in [-0.4, -0.2) is 51.4 Å². The van der Waals surface area contributed by atoms with Gasteiger partial charge in [0.25, 0.3) is 5.91 Å². The van der Waals surface area contributed by atoms with Crippen molar-refractivity contribution in [3.63, 3.8) is 0 Å². The maximum Gasteiger partial charge on any atom is 0.328 e. The monoisotopic (exact) mass is 285 g/mol. The molecule has 1 heterocycles. The van der Waals surface area contributed by atoms with Gasteiger partial charge in [-0.3, -0.25) is 14.5 Å². The summed E-state index contributed by atoms with van der Waals surface area (Å²) in [7, 11) is 0. The molecule has 1 rings (SSSR count). The molecule has 0 radical (unpaired) electrons. The molecule has 4 amide bonds. The first-order chi connectivity index (χ1) is 8.97. The van der Waals surface area contributed by atoms with Crippen molar-refractivity contribution in [1.82, 2.24) is 15.5 Å². The van der Waals surface area contributed by atoms with E-state index in [-0.39, 0.29) is 13.0 Å². The van der Waals surface area contributed by atoms with Crippen LogP contribution in [-0.2, 0) is 14.4 Å². The molecule has 3 N–H and O–H groups in total. The Labute approximate surface area is 116 Å². The van der Waals surface area contributed by atoms with E-state index in [1.54, 1.807) is 13.8 Å². The molecule has 8 nitrogen and oxygen atoms in total. The standard InChI is InChI=1S/C12H19N3O5/c1-11(2)8(17)15(10(20)14-11)6-5-7(16)13-12(3,4)9(18)19/h5-6H2,1-4H3,(H,13,16)(H,14,20)(H,18,19). The summed E-state index contributed by atoms with van der Waals surface area (Å²) in [5.41, 5.74) is -2.37. The number of imide groups is 1. The van der Waals surface area contributed by atoms with E-state index in [1.165, 1.54) is 13.8 Å². The minimum absolute atomic E-state index is 0.0877. The SMILES string of the molecule is CC(C)(NC(=O)CCN1C(=O)NC(C)(C)C1=O)C(=O)O. The van der Waals surface area contributed by atoms with E-state index in [0.29, 0.717) is 0 Å². The second-order valence-corrected chi connectivity index (χ2v) is 5.74. The van der Waals surface area contributed by atoms with E-state index in [4.69, 9.17) is 5.11 Å². The number of carboxylic acids is 1. The highest BCUT2D eigenvalue weighted by Crippen LogP contribution is 2.16. The Morgan fingerprint density at radius 3 is 2.30 bits per heavy atom. The minimum Gasteiger partial charge on any atom is -0.480 e. The quantitative estimate of drug-likeness (QED) is 0.599. The summed E-state index contributed by atoms with van der Waals surface area (Å²) in [5.74, 6) is -2.11. The molecule has 1 aliphatic rings. The lowest BCUT2D eigenvalue weighted by molar-refractivity contribution is -0.146. The van der Waals surface area contributed by atoms with Crippen LogP contribution in [0.4, 0.5) is 4.79 Å². The first-order valence-corrected chi connectivity index (χ1v) is 6.16. The van der Waals surface area contributed by atoms with Gasteiger partial charge in [-0.05, 0) is 27.7 Å². The Hall–Kier alpha value is -2.12. The molecular weight excluding hydrogens is 266 g/mol. The van der Waals surface area contributed by atoms with Crippen molar-refractivity contribution in [3.05, 3.63) is 0 Å². The fraction of sp³-hybridized carbons (Fsp3) is 0.667. The molecule has 0 aromatic rings. The van der Waals surface area contributed by atoms with Gasteiger partial charge in [-0.25, -0.2) is 9.59 Å². The van der Waals surface area contributed by atoms with Gasteiger partial charge in [-0.15, -0.1) is 0 Å². The highest BCUT2D eigenvalue weighted by atomic mass is 16.4. The largest absolute Gasteiger partial charge is 0.480 e. The van der Waals surface area contributed by atoms with Crippen LogP contribution in [0.2, 0.25) is 0 Å². The molecule has 1 aliphatic heterocycles. The van der Waals surface area contributed by atoms with Crippen LogP contribution in [0, 0.1) is 0 Å². The van der Waals surface area contributed by atoms with Gasteiger partial charge in [-0.2, -0.15) is 0 Å². The second-order valence-electron chi connectivity index (χ2n) is 5.74. The Bertz CT molecular complexity index is 470. The molecule has 0 saturated carbocycles. The summed E-state index contributed by atoms with van der Waals surface area (Å²) in [6.45, 7) is 5.76. The maximum atomic E-state index is 11.9. The van der Waals surface area contributed by atoms with Crippen LogP contribution in [0.1, 0.15) is 34.1 Å². The van der Waals surface area contributed by atoms with Crippen molar-refractivity contribution in [2.75, 3.05) is 6.54 Å². The Kier molecular flexibility index (Phi) is 4.07. The van der Waals surface area contributed by atoms with Gasteiger partial charge in [-0.1, -0.05) is 0 Å². The molecule has 0 spiro atoms. The molecule has 112 valence electrons. The molecule has 0 aromatic heterocycles. The number of nitrogens with one attached hydrogen (secondary N) is 2. The molecule has 0 aromatic carbocycles. The molecule has 0 atom stereocenters. The summed E-state index contributed by atoms with van der Waals surface area (Å²) in [6.07, 6.45) is -0.147. The van der Waals surface area contributed by atoms with Crippen molar-refractivity contribution < 1.29 is 24.3 Å². The lowest BCUT2D eigenvalue weighted by atomic mass is 10.1. The number of amides is 4. The van der Waals surface area contributed by atoms with Gasteiger partial charge < -0.3 is 15.7 Å². The first kappa shape index (κ1) is 15.9. The van der Waals surface area contributed by atoms with Gasteiger partial charge in [0.05, 0.1) is 0 Å². The Morgan fingerprint density at radius 1 is 1.35 bits per heavy atom. The summed E-state index contributed by atoms with van der Waals surface area (Å²) >= 11 is 0. The van der Waals surface area contributed by atoms with Crippen molar-refractivity contribution in [2.24, 2.45) is 0 Å². The van der Waals surface area contributed by atoms with Crippen molar-refractivity contribution in [1.29, 1.82) is 0 Å². The van der Waals surface area contributed by atoms with E-state index in [2.05, 4.69) is 10.6 Å². The molecule has 1 fully saturated rings. The minimum atomic E-state index is -1.40. The molecule has 0 unspecified atom stereocenters. The molecule has 8 heteroatoms. The first-order valence-electron chi connectivity index (χ1n) is 6.16. The van der Waals surface area contributed by atoms with Gasteiger partial charge in [0.2, 0.25) is 5.91 Å². The van der Waals surface area contributed by atoms with E-state index >= 15 is 0 Å². The van der Waals surface area contributed by atoms with Gasteiger partial charge in [0, 0.05) is 13.0 Å². The average molecular weight is 285 g/mol. The highest BCUT2D eigenvalue weighted by molar-refractivity contribution is 6.06. The third-order valence-electron chi connectivity index (χ3n) is 2.99. The maximum absolute atomic E-state index is 11.9. The number of hydrogen-bond acceptors (Lipinski definition) is 4. The highest BCUT2D eigenvalue weighted by Gasteiger charge is 2.44. The van der Waals surface area contributed by atoms with Gasteiger partial charge in [0.1, 0.15) is 11.1 Å². The van der Waals surface area contributed by atoms with E-state index < -0.39 is 34.9 Å². The zero-order valence-corrected chi connectivity index (χ0v) is 11.9. The van der Waals surface area contributed by atoms with Crippen LogP contribution in [0.25, 0.3) is 0 Å². The third kappa shape index (κ3) is 3.25. The Balaban J connectivity index is 2.57. The summed E-state index contributed by atoms with van der Waals surface area (Å²) < 4.78 is 0. The van der Waals surface area contributed by atoms with E-state index in [1.807, 2.05) is 0 Å². The summed E-state index contributed by atoms with van der Waals surface area (Å²) in [4.78, 5) is 46.9. The summed E-state index contributed by atoms with van der Waals surface area (Å²) in [5, 5.41) is 13.7. The molecule has 0 bridgehead atoms. The zero-order valence-electron chi connectivity index (χ0n) is 11.9. The van der Waals surface area contributed by atoms with Crippen molar-refractivity contribution >= 4 is 23.8 Å². The molecule has 0 aliphatic carbocycles. The van der Waals surface area contributed by atoms with Crippen molar-refractivity contribution in [2.45, 2.75) is 45.2 Å². The predicted molar refractivity (Wildman–Crippen MR) is 68.8 cm³/mol. The van der Waals surface area contributed by atoms with Crippen LogP contribution in [0.5, 0.6) is 0 Å². The van der Waals surface area contributed by atoms with E-state index in [0.717, 1.165) is 4.90 Å². The van der Waals surface area contributed by atoms with Gasteiger partial charge >= 0.3 is 12.0 Å². The number of hydrogen-bond donors (Lipinski definition) is 3. The number of carboxylic acid groups (broad SMARTS) is 1. The van der Waals surface area contributed by atoms with Crippen molar-refractivity contribution in [3.8, 4) is 0 Å². The lowest BCUT2D eigenvalue weighted by Gasteiger charge is -2.21. The number of carbonyl (C=O) groups excluding carboxylic acids is 3. The molecule has 20 heavy (non-hydrogen) atoms. The number of rotatable bonds is 5. The zero-order chi connectivity index (χ0) is 15.7. The number of nitrogens with zero attached hydrogens (tertiary/aromatic N) is 1. The average Bonchev–Trinajstić information content (AvgIpc) is 2.45. The fourth-order valence-electron chi connectivity index (χ4n) is 1.70. The molecular formula is C12H19N3O5. The second kappa shape index (κ2) is 5.10. The number of urea groups is 1. The normalized spacial score (nSPS) is 17.9. The van der Waals surface area contributed by atoms with Gasteiger partial charge in [0.15, 0.2) is 0 Å². The fourth-order valence-corrected chi connectivity index (χ4v) is 1.70. The Morgan fingerprint density at radius 2 is 1.90 bits per heavy atom. The third-order valence-corrected chi connectivity index (χ3v) is 2.99. The topological polar surface area (TPSA) is 116 Å². The van der Waals surface area contributed by atoms with Crippen LogP contribution >= 0.6 is 0 Å². The van der Waals surface area contributed by atoms with Crippen LogP contribution in [0.3, 0.4) is 0 Å². The van der Waals surface area contributed by atoms with Crippen LogP contribution in [0.15, 0.2) is 0 Å². The smallest absolute Gasteiger partial charge is 0.328 e. The summed E-state index contributed by atoms with van der Waals surface area (Å²) in [6, 6.07) is -0.551. The lowest BCUT2D eigenvalue weighted by Crippen LogP contribution is -2.50.